The van der Waals surface area contributed by atoms with Crippen molar-refractivity contribution in [1.82, 2.24) is 0 Å². The summed E-state index contributed by atoms with van der Waals surface area (Å²) >= 11 is 0. The molecule has 0 fully saturated rings. The van der Waals surface area contributed by atoms with Gasteiger partial charge in [0.15, 0.2) is 0 Å². The highest BCUT2D eigenvalue weighted by atomic mass is 32.2. The van der Waals surface area contributed by atoms with Gasteiger partial charge in [0.05, 0.1) is 4.90 Å². The molecule has 3 nitrogen and oxygen atoms in total. The van der Waals surface area contributed by atoms with Crippen LogP contribution < -0.4 is 0 Å². The van der Waals surface area contributed by atoms with Crippen LogP contribution in [0.1, 0.15) is 12.5 Å². The molecule has 75 valence electrons. The SMILES string of the molecule is C=C(C)[CH]c1ccccc1S(=O)(=O)O. The van der Waals surface area contributed by atoms with Gasteiger partial charge in [-0.25, -0.2) is 0 Å². The molecule has 0 unspecified atom stereocenters. The topological polar surface area (TPSA) is 54.4 Å². The Morgan fingerprint density at radius 1 is 1.43 bits per heavy atom. The fourth-order valence-corrected chi connectivity index (χ4v) is 1.78. The molecular formula is C10H11O3S. The minimum atomic E-state index is -4.15. The summed E-state index contributed by atoms with van der Waals surface area (Å²) in [6, 6.07) is 6.21. The summed E-state index contributed by atoms with van der Waals surface area (Å²) in [5.74, 6) is 0. The Labute approximate surface area is 83.8 Å². The molecule has 0 bridgehead atoms. The second kappa shape index (κ2) is 3.94. The standard InChI is InChI=1S/C10H11O3S/c1-8(2)7-9-5-3-4-6-10(9)14(11,12)13/h3-7H,1H2,2H3,(H,11,12,13). The van der Waals surface area contributed by atoms with Crippen LogP contribution in [0.15, 0.2) is 41.3 Å². The lowest BCUT2D eigenvalue weighted by Crippen LogP contribution is -2.02. The largest absolute Gasteiger partial charge is 0.294 e. The van der Waals surface area contributed by atoms with Crippen molar-refractivity contribution in [2.75, 3.05) is 0 Å². The molecule has 0 aliphatic carbocycles. The van der Waals surface area contributed by atoms with Crippen molar-refractivity contribution in [1.29, 1.82) is 0 Å². The zero-order chi connectivity index (χ0) is 10.8. The van der Waals surface area contributed by atoms with E-state index in [-0.39, 0.29) is 4.90 Å². The zero-order valence-electron chi connectivity index (χ0n) is 7.77. The normalized spacial score (nSPS) is 11.3. The van der Waals surface area contributed by atoms with Crippen LogP contribution in [0.3, 0.4) is 0 Å². The van der Waals surface area contributed by atoms with Crippen molar-refractivity contribution in [3.8, 4) is 0 Å². The second-order valence-corrected chi connectivity index (χ2v) is 4.39. The minimum absolute atomic E-state index is 0.0944. The first-order valence-electron chi connectivity index (χ1n) is 3.98. The van der Waals surface area contributed by atoms with Crippen molar-refractivity contribution in [3.63, 3.8) is 0 Å². The van der Waals surface area contributed by atoms with Crippen molar-refractivity contribution in [3.05, 3.63) is 48.4 Å². The maximum Gasteiger partial charge on any atom is 0.294 e. The maximum atomic E-state index is 10.9. The molecule has 14 heavy (non-hydrogen) atoms. The molecule has 1 rings (SSSR count). The Morgan fingerprint density at radius 2 is 2.00 bits per heavy atom. The van der Waals surface area contributed by atoms with E-state index in [0.717, 1.165) is 5.57 Å². The van der Waals surface area contributed by atoms with Crippen LogP contribution in [0, 0.1) is 6.42 Å². The van der Waals surface area contributed by atoms with Gasteiger partial charge in [-0.3, -0.25) is 4.55 Å². The first-order chi connectivity index (χ1) is 6.41. The molecule has 0 amide bonds. The van der Waals surface area contributed by atoms with E-state index < -0.39 is 10.1 Å². The first-order valence-corrected chi connectivity index (χ1v) is 5.42. The van der Waals surface area contributed by atoms with E-state index in [1.165, 1.54) is 6.07 Å². The molecule has 0 aliphatic heterocycles. The molecule has 0 heterocycles. The Hall–Kier alpha value is -1.13. The van der Waals surface area contributed by atoms with E-state index in [1.807, 2.05) is 0 Å². The Balaban J connectivity index is 3.23. The van der Waals surface area contributed by atoms with Crippen molar-refractivity contribution in [2.45, 2.75) is 11.8 Å². The van der Waals surface area contributed by atoms with Gasteiger partial charge in [0.2, 0.25) is 0 Å². The smallest absolute Gasteiger partial charge is 0.282 e. The molecule has 0 saturated heterocycles. The van der Waals surface area contributed by atoms with E-state index in [2.05, 4.69) is 6.58 Å². The van der Waals surface area contributed by atoms with Crippen LogP contribution in [-0.2, 0) is 10.1 Å². The van der Waals surface area contributed by atoms with Crippen LogP contribution in [0.5, 0.6) is 0 Å². The first kappa shape index (κ1) is 10.9. The lowest BCUT2D eigenvalue weighted by Gasteiger charge is -2.05. The summed E-state index contributed by atoms with van der Waals surface area (Å²) < 4.78 is 30.8. The van der Waals surface area contributed by atoms with Gasteiger partial charge in [-0.05, 0) is 18.6 Å². The lowest BCUT2D eigenvalue weighted by atomic mass is 10.1. The number of benzene rings is 1. The third kappa shape index (κ3) is 2.68. The minimum Gasteiger partial charge on any atom is -0.282 e. The summed E-state index contributed by atoms with van der Waals surface area (Å²) in [5.41, 5.74) is 1.17. The van der Waals surface area contributed by atoms with Gasteiger partial charge in [-0.2, -0.15) is 8.42 Å². The molecule has 1 radical (unpaired) electrons. The lowest BCUT2D eigenvalue weighted by molar-refractivity contribution is 0.482. The van der Waals surface area contributed by atoms with Crippen LogP contribution >= 0.6 is 0 Å². The van der Waals surface area contributed by atoms with Crippen LogP contribution in [0.4, 0.5) is 0 Å². The highest BCUT2D eigenvalue weighted by Gasteiger charge is 2.14. The van der Waals surface area contributed by atoms with Gasteiger partial charge in [-0.15, -0.1) is 0 Å². The third-order valence-electron chi connectivity index (χ3n) is 1.60. The van der Waals surface area contributed by atoms with Gasteiger partial charge in [-0.1, -0.05) is 30.4 Å². The molecule has 1 N–H and O–H groups in total. The molecule has 4 heteroatoms. The summed E-state index contributed by atoms with van der Waals surface area (Å²) in [7, 11) is -4.15. The predicted octanol–water partition coefficient (Wildman–Crippen LogP) is 2.06. The van der Waals surface area contributed by atoms with Crippen LogP contribution in [0.2, 0.25) is 0 Å². The van der Waals surface area contributed by atoms with Crippen molar-refractivity contribution < 1.29 is 13.0 Å². The quantitative estimate of drug-likeness (QED) is 0.778. The average Bonchev–Trinajstić information content (AvgIpc) is 2.01. The monoisotopic (exact) mass is 211 g/mol. The van der Waals surface area contributed by atoms with Crippen molar-refractivity contribution in [2.24, 2.45) is 0 Å². The number of allylic oxidation sites excluding steroid dienone is 1. The van der Waals surface area contributed by atoms with Gasteiger partial charge >= 0.3 is 0 Å². The van der Waals surface area contributed by atoms with Gasteiger partial charge in [0, 0.05) is 6.42 Å². The van der Waals surface area contributed by atoms with Crippen LogP contribution in [-0.4, -0.2) is 13.0 Å². The molecule has 0 aliphatic rings. The molecule has 0 atom stereocenters. The highest BCUT2D eigenvalue weighted by Crippen LogP contribution is 2.19. The number of hydrogen-bond acceptors (Lipinski definition) is 2. The zero-order valence-corrected chi connectivity index (χ0v) is 8.58. The Bertz CT molecular complexity index is 446. The van der Waals surface area contributed by atoms with E-state index in [1.54, 1.807) is 31.5 Å². The van der Waals surface area contributed by atoms with E-state index in [0.29, 0.717) is 5.56 Å². The van der Waals surface area contributed by atoms with Gasteiger partial charge in [0.1, 0.15) is 0 Å². The fraction of sp³-hybridized carbons (Fsp3) is 0.100. The van der Waals surface area contributed by atoms with Crippen molar-refractivity contribution >= 4 is 10.1 Å². The highest BCUT2D eigenvalue weighted by molar-refractivity contribution is 7.85. The molecular weight excluding hydrogens is 200 g/mol. The van der Waals surface area contributed by atoms with Gasteiger partial charge in [0.25, 0.3) is 10.1 Å². The fourth-order valence-electron chi connectivity index (χ4n) is 1.10. The molecule has 0 aromatic heterocycles. The van der Waals surface area contributed by atoms with Crippen LogP contribution in [0.25, 0.3) is 0 Å². The second-order valence-electron chi connectivity index (χ2n) is 3.00. The maximum absolute atomic E-state index is 10.9. The third-order valence-corrected chi connectivity index (χ3v) is 2.53. The van der Waals surface area contributed by atoms with E-state index >= 15 is 0 Å². The van der Waals surface area contributed by atoms with Gasteiger partial charge < -0.3 is 0 Å². The van der Waals surface area contributed by atoms with E-state index in [9.17, 15) is 8.42 Å². The number of hydrogen-bond donors (Lipinski definition) is 1. The summed E-state index contributed by atoms with van der Waals surface area (Å²) in [6.45, 7) is 5.39. The summed E-state index contributed by atoms with van der Waals surface area (Å²) in [5, 5.41) is 0. The summed E-state index contributed by atoms with van der Waals surface area (Å²) in [6.07, 6.45) is 1.60. The number of rotatable bonds is 3. The molecule has 1 aromatic rings. The summed E-state index contributed by atoms with van der Waals surface area (Å²) in [4.78, 5) is -0.0944. The molecule has 0 saturated carbocycles. The molecule has 0 spiro atoms. The Kier molecular flexibility index (Phi) is 3.08. The molecule has 1 aromatic carbocycles. The predicted molar refractivity (Wildman–Crippen MR) is 54.5 cm³/mol. The Morgan fingerprint density at radius 3 is 2.50 bits per heavy atom. The van der Waals surface area contributed by atoms with E-state index in [4.69, 9.17) is 4.55 Å². The average molecular weight is 211 g/mol.